The highest BCUT2D eigenvalue weighted by Crippen LogP contribution is 2.71. The molecule has 5 rings (SSSR count). The molecule has 31 heavy (non-hydrogen) atoms. The van der Waals surface area contributed by atoms with Crippen molar-refractivity contribution >= 4 is 5.78 Å². The van der Waals surface area contributed by atoms with E-state index >= 15 is 0 Å². The minimum Gasteiger partial charge on any atom is -0.467 e. The maximum Gasteiger partial charge on any atom is 0.213 e. The third kappa shape index (κ3) is 2.44. The van der Waals surface area contributed by atoms with Gasteiger partial charge in [0.15, 0.2) is 17.5 Å². The van der Waals surface area contributed by atoms with Crippen LogP contribution in [0.2, 0.25) is 0 Å². The molecule has 3 N–H and O–H groups in total. The first-order valence-electron chi connectivity index (χ1n) is 11.1. The molecule has 0 saturated heterocycles. The van der Waals surface area contributed by atoms with Crippen LogP contribution in [0.4, 0.5) is 0 Å². The Bertz CT molecular complexity index is 985. The smallest absolute Gasteiger partial charge is 0.213 e. The minimum absolute atomic E-state index is 0.0158. The van der Waals surface area contributed by atoms with E-state index < -0.39 is 35.7 Å². The number of aliphatic hydroxyl groups excluding tert-OH is 2. The summed E-state index contributed by atoms with van der Waals surface area (Å²) in [6.07, 6.45) is 3.56. The molecule has 4 aliphatic rings. The van der Waals surface area contributed by atoms with E-state index in [-0.39, 0.29) is 28.6 Å². The molecule has 1 heterocycles. The zero-order valence-electron chi connectivity index (χ0n) is 18.4. The van der Waals surface area contributed by atoms with E-state index in [2.05, 4.69) is 18.8 Å². The molecule has 1 spiro atoms. The largest absolute Gasteiger partial charge is 0.467 e. The zero-order valence-corrected chi connectivity index (χ0v) is 18.4. The number of aromatic nitrogens is 1. The Morgan fingerprint density at radius 2 is 2.03 bits per heavy atom. The van der Waals surface area contributed by atoms with Gasteiger partial charge in [-0.3, -0.25) is 4.79 Å². The summed E-state index contributed by atoms with van der Waals surface area (Å²) in [6.45, 7) is 7.77. The highest BCUT2D eigenvalue weighted by atomic mass is 16.5. The van der Waals surface area contributed by atoms with Crippen LogP contribution in [0.25, 0.3) is 0 Å². The number of allylic oxidation sites excluding steroid dienone is 1. The van der Waals surface area contributed by atoms with Gasteiger partial charge in [-0.25, -0.2) is 4.98 Å². The maximum atomic E-state index is 14.2. The fourth-order valence-electron chi connectivity index (χ4n) is 7.13. The summed E-state index contributed by atoms with van der Waals surface area (Å²) in [6, 6.07) is 5.24. The van der Waals surface area contributed by atoms with Crippen LogP contribution in [-0.2, 0) is 4.79 Å². The molecular formula is C25H31NO5. The van der Waals surface area contributed by atoms with E-state index in [0.717, 1.165) is 6.42 Å². The molecule has 0 amide bonds. The van der Waals surface area contributed by atoms with E-state index in [1.54, 1.807) is 30.5 Å². The number of nitrogens with zero attached hydrogens (tertiary/aromatic N) is 1. The molecule has 2 bridgehead atoms. The molecule has 0 radical (unpaired) electrons. The lowest BCUT2D eigenvalue weighted by molar-refractivity contribution is -0.186. The summed E-state index contributed by atoms with van der Waals surface area (Å²) in [5, 5.41) is 33.9. The van der Waals surface area contributed by atoms with Gasteiger partial charge in [0.2, 0.25) is 5.88 Å². The summed E-state index contributed by atoms with van der Waals surface area (Å²) in [5.74, 6) is 0.0879. The van der Waals surface area contributed by atoms with Crippen LogP contribution < -0.4 is 4.74 Å². The van der Waals surface area contributed by atoms with Crippen LogP contribution in [0, 0.1) is 34.5 Å². The normalized spacial score (nSPS) is 44.9. The number of Topliss-reactive ketones (excluding diaryl/α,β-unsaturated/α-hetero) is 1. The number of hydrogen-bond acceptors (Lipinski definition) is 6. The predicted molar refractivity (Wildman–Crippen MR) is 114 cm³/mol. The number of hydrogen-bond donors (Lipinski definition) is 3. The van der Waals surface area contributed by atoms with E-state index in [0.29, 0.717) is 17.4 Å². The first-order valence-corrected chi connectivity index (χ1v) is 11.1. The molecule has 1 aromatic rings. The molecule has 0 aliphatic heterocycles. The first-order chi connectivity index (χ1) is 14.6. The molecule has 1 unspecified atom stereocenters. The van der Waals surface area contributed by atoms with E-state index in [1.807, 2.05) is 19.9 Å². The van der Waals surface area contributed by atoms with Gasteiger partial charge in [-0.15, -0.1) is 0 Å². The summed E-state index contributed by atoms with van der Waals surface area (Å²) < 4.78 is 6.13. The second-order valence-corrected chi connectivity index (χ2v) is 10.5. The highest BCUT2D eigenvalue weighted by Gasteiger charge is 2.76. The number of pyridine rings is 1. The number of aliphatic hydroxyl groups is 3. The fraction of sp³-hybridized carbons (Fsp3) is 0.600. The Morgan fingerprint density at radius 3 is 2.68 bits per heavy atom. The van der Waals surface area contributed by atoms with Crippen molar-refractivity contribution in [3.63, 3.8) is 0 Å². The lowest BCUT2D eigenvalue weighted by Gasteiger charge is -2.48. The van der Waals surface area contributed by atoms with Gasteiger partial charge in [0.05, 0.1) is 12.0 Å². The second-order valence-electron chi connectivity index (χ2n) is 10.5. The molecular weight excluding hydrogens is 394 g/mol. The van der Waals surface area contributed by atoms with Crippen LogP contribution >= 0.6 is 0 Å². The average Bonchev–Trinajstić information content (AvgIpc) is 3.23. The maximum absolute atomic E-state index is 14.2. The van der Waals surface area contributed by atoms with Crippen molar-refractivity contribution < 1.29 is 24.9 Å². The third-order valence-corrected chi connectivity index (χ3v) is 8.77. The van der Waals surface area contributed by atoms with E-state index in [4.69, 9.17) is 4.74 Å². The van der Waals surface area contributed by atoms with Crippen LogP contribution in [0.5, 0.6) is 5.88 Å². The van der Waals surface area contributed by atoms with Crippen molar-refractivity contribution in [1.82, 2.24) is 4.98 Å². The standard InChI is InChI=1S/C25H31NO5/c1-13-11-24-14(2)9-17-19(23(17,3)4)16(21(24)29)10-15(12-27)20(28)25(24,30)22(13)31-18-7-5-6-8-26-18/h5-8,10-11,14,16-17,19-20,22,27-28,30H,9,12H2,1-4H3/t14-,16+,17-,19+,20-,22+,24?,25+/m1/s1. The topological polar surface area (TPSA) is 99.9 Å². The van der Waals surface area contributed by atoms with Gasteiger partial charge in [0.25, 0.3) is 0 Å². The number of carbonyl (C=O) groups is 1. The molecule has 6 heteroatoms. The quantitative estimate of drug-likeness (QED) is 0.643. The van der Waals surface area contributed by atoms with E-state index in [1.165, 1.54) is 0 Å². The SMILES string of the molecule is CC1=CC23C(=O)[C@@H](C=C(CO)[C@@H](O)[C@]2(O)[C@H]1Oc1ccccn1)[C@H]1[C@@H](C[C@H]3C)C1(C)C. The van der Waals surface area contributed by atoms with Crippen molar-refractivity contribution in [2.24, 2.45) is 34.5 Å². The summed E-state index contributed by atoms with van der Waals surface area (Å²) in [7, 11) is 0. The van der Waals surface area contributed by atoms with Crippen LogP contribution in [-0.4, -0.2) is 50.5 Å². The first kappa shape index (κ1) is 20.9. The third-order valence-electron chi connectivity index (χ3n) is 8.77. The van der Waals surface area contributed by atoms with Crippen molar-refractivity contribution in [3.05, 3.63) is 47.7 Å². The van der Waals surface area contributed by atoms with Crippen LogP contribution in [0.15, 0.2) is 47.7 Å². The summed E-state index contributed by atoms with van der Waals surface area (Å²) >= 11 is 0. The molecule has 8 atom stereocenters. The van der Waals surface area contributed by atoms with Gasteiger partial charge < -0.3 is 20.1 Å². The molecule has 1 aromatic heterocycles. The van der Waals surface area contributed by atoms with E-state index in [9.17, 15) is 20.1 Å². The van der Waals surface area contributed by atoms with Crippen molar-refractivity contribution in [3.8, 4) is 5.88 Å². The molecule has 0 aromatic carbocycles. The van der Waals surface area contributed by atoms with Crippen LogP contribution in [0.3, 0.4) is 0 Å². The predicted octanol–water partition coefficient (Wildman–Crippen LogP) is 2.30. The summed E-state index contributed by atoms with van der Waals surface area (Å²) in [5.41, 5.74) is -2.23. The number of ketones is 1. The monoisotopic (exact) mass is 425 g/mol. The lowest BCUT2D eigenvalue weighted by atomic mass is 9.59. The van der Waals surface area contributed by atoms with Gasteiger partial charge in [-0.05, 0) is 53.7 Å². The Kier molecular flexibility index (Phi) is 4.37. The van der Waals surface area contributed by atoms with Gasteiger partial charge >= 0.3 is 0 Å². The Labute approximate surface area is 182 Å². The average molecular weight is 426 g/mol. The van der Waals surface area contributed by atoms with Gasteiger partial charge in [0.1, 0.15) is 6.10 Å². The van der Waals surface area contributed by atoms with Crippen molar-refractivity contribution in [2.75, 3.05) is 6.61 Å². The Hall–Kier alpha value is -2.02. The van der Waals surface area contributed by atoms with Gasteiger partial charge in [0, 0.05) is 18.2 Å². The lowest BCUT2D eigenvalue weighted by Crippen LogP contribution is -2.66. The molecule has 166 valence electrons. The highest BCUT2D eigenvalue weighted by molar-refractivity contribution is 5.95. The Balaban J connectivity index is 1.70. The van der Waals surface area contributed by atoms with Crippen molar-refractivity contribution in [2.45, 2.75) is 51.9 Å². The Morgan fingerprint density at radius 1 is 1.29 bits per heavy atom. The molecule has 2 fully saturated rings. The number of ether oxygens (including phenoxy) is 1. The molecule has 2 saturated carbocycles. The van der Waals surface area contributed by atoms with Gasteiger partial charge in [-0.1, -0.05) is 39.0 Å². The second kappa shape index (κ2) is 6.50. The fourth-order valence-corrected chi connectivity index (χ4v) is 7.13. The molecule has 6 nitrogen and oxygen atoms in total. The van der Waals surface area contributed by atoms with Crippen molar-refractivity contribution in [1.29, 1.82) is 0 Å². The number of fused-ring (bicyclic) bond motifs is 3. The van der Waals surface area contributed by atoms with Crippen LogP contribution in [0.1, 0.15) is 34.1 Å². The number of carbonyl (C=O) groups excluding carboxylic acids is 1. The number of rotatable bonds is 3. The minimum atomic E-state index is -1.94. The zero-order chi connectivity index (χ0) is 22.3. The summed E-state index contributed by atoms with van der Waals surface area (Å²) in [4.78, 5) is 18.4. The van der Waals surface area contributed by atoms with Gasteiger partial charge in [-0.2, -0.15) is 0 Å². The molecule has 4 aliphatic carbocycles.